The minimum atomic E-state index is -0.102. The number of nitrogens with two attached hydrogens (primary N) is 1. The molecule has 0 aliphatic carbocycles. The molecule has 5 nitrogen and oxygen atoms in total. The topological polar surface area (TPSA) is 74.2 Å². The van der Waals surface area contributed by atoms with Crippen molar-refractivity contribution in [2.75, 3.05) is 13.2 Å². The zero-order valence-electron chi connectivity index (χ0n) is 8.98. The molecule has 1 aromatic heterocycles. The molecule has 1 aliphatic heterocycles. The van der Waals surface area contributed by atoms with Crippen LogP contribution in [0.2, 0.25) is 0 Å². The standard InChI is InChI=1S/C10H17N3O2/c1-2-3-8(11)9-12-10(15-13-9)7-4-5-14-6-7/h7-8H,2-6,11H2,1H3. The molecule has 2 unspecified atom stereocenters. The van der Waals surface area contributed by atoms with Crippen LogP contribution in [0.4, 0.5) is 0 Å². The normalized spacial score (nSPS) is 23.2. The molecule has 0 amide bonds. The van der Waals surface area contributed by atoms with Gasteiger partial charge in [-0.2, -0.15) is 4.98 Å². The third-order valence-corrected chi connectivity index (χ3v) is 2.67. The lowest BCUT2D eigenvalue weighted by atomic mass is 10.1. The summed E-state index contributed by atoms with van der Waals surface area (Å²) < 4.78 is 10.5. The van der Waals surface area contributed by atoms with Crippen LogP contribution in [0.15, 0.2) is 4.52 Å². The van der Waals surface area contributed by atoms with Crippen molar-refractivity contribution in [3.8, 4) is 0 Å². The Hall–Kier alpha value is -0.940. The fourth-order valence-electron chi connectivity index (χ4n) is 1.73. The molecule has 2 heterocycles. The zero-order chi connectivity index (χ0) is 10.7. The van der Waals surface area contributed by atoms with E-state index in [1.807, 2.05) is 0 Å². The van der Waals surface area contributed by atoms with E-state index in [4.69, 9.17) is 15.0 Å². The molecular formula is C10H17N3O2. The van der Waals surface area contributed by atoms with Crippen molar-refractivity contribution in [3.63, 3.8) is 0 Å². The molecule has 0 aromatic carbocycles. The Kier molecular flexibility index (Phi) is 3.33. The van der Waals surface area contributed by atoms with E-state index in [2.05, 4.69) is 17.1 Å². The SMILES string of the molecule is CCCC(N)c1noc(C2CCOC2)n1. The van der Waals surface area contributed by atoms with Crippen LogP contribution < -0.4 is 5.73 Å². The average molecular weight is 211 g/mol. The van der Waals surface area contributed by atoms with E-state index in [1.54, 1.807) is 0 Å². The quantitative estimate of drug-likeness (QED) is 0.814. The number of ether oxygens (including phenoxy) is 1. The maximum atomic E-state index is 5.90. The van der Waals surface area contributed by atoms with Crippen molar-refractivity contribution in [1.82, 2.24) is 10.1 Å². The predicted molar refractivity (Wildman–Crippen MR) is 54.3 cm³/mol. The summed E-state index contributed by atoms with van der Waals surface area (Å²) in [5.41, 5.74) is 5.90. The Morgan fingerprint density at radius 1 is 1.60 bits per heavy atom. The van der Waals surface area contributed by atoms with Gasteiger partial charge in [-0.1, -0.05) is 18.5 Å². The first-order valence-corrected chi connectivity index (χ1v) is 5.48. The second-order valence-electron chi connectivity index (χ2n) is 3.95. The first-order valence-electron chi connectivity index (χ1n) is 5.48. The summed E-state index contributed by atoms with van der Waals surface area (Å²) in [6, 6.07) is -0.102. The molecule has 1 fully saturated rings. The Bertz CT molecular complexity index is 307. The van der Waals surface area contributed by atoms with E-state index >= 15 is 0 Å². The highest BCUT2D eigenvalue weighted by Crippen LogP contribution is 2.24. The van der Waals surface area contributed by atoms with Crippen LogP contribution in [-0.4, -0.2) is 23.4 Å². The molecule has 5 heteroatoms. The second-order valence-corrected chi connectivity index (χ2v) is 3.95. The molecular weight excluding hydrogens is 194 g/mol. The number of nitrogens with zero attached hydrogens (tertiary/aromatic N) is 2. The van der Waals surface area contributed by atoms with E-state index < -0.39 is 0 Å². The van der Waals surface area contributed by atoms with Crippen LogP contribution in [0.3, 0.4) is 0 Å². The Balaban J connectivity index is 2.02. The summed E-state index contributed by atoms with van der Waals surface area (Å²) in [6.45, 7) is 3.56. The fraction of sp³-hybridized carbons (Fsp3) is 0.800. The number of hydrogen-bond donors (Lipinski definition) is 1. The lowest BCUT2D eigenvalue weighted by molar-refractivity contribution is 0.189. The summed E-state index contributed by atoms with van der Waals surface area (Å²) in [5, 5.41) is 3.91. The lowest BCUT2D eigenvalue weighted by Crippen LogP contribution is -2.11. The monoisotopic (exact) mass is 211 g/mol. The van der Waals surface area contributed by atoms with Crippen molar-refractivity contribution in [1.29, 1.82) is 0 Å². The first kappa shape index (κ1) is 10.6. The van der Waals surface area contributed by atoms with Gasteiger partial charge in [0.25, 0.3) is 0 Å². The smallest absolute Gasteiger partial charge is 0.232 e. The molecule has 0 radical (unpaired) electrons. The summed E-state index contributed by atoms with van der Waals surface area (Å²) in [5.74, 6) is 1.56. The van der Waals surface area contributed by atoms with Gasteiger partial charge in [-0.05, 0) is 12.8 Å². The number of hydrogen-bond acceptors (Lipinski definition) is 5. The van der Waals surface area contributed by atoms with Crippen LogP contribution in [0.1, 0.15) is 49.9 Å². The van der Waals surface area contributed by atoms with Gasteiger partial charge in [0.1, 0.15) is 0 Å². The first-order chi connectivity index (χ1) is 7.31. The van der Waals surface area contributed by atoms with Crippen LogP contribution in [0.25, 0.3) is 0 Å². The van der Waals surface area contributed by atoms with Gasteiger partial charge in [0.05, 0.1) is 18.6 Å². The Morgan fingerprint density at radius 3 is 3.13 bits per heavy atom. The molecule has 2 N–H and O–H groups in total. The molecule has 2 rings (SSSR count). The Labute approximate surface area is 89.0 Å². The maximum Gasteiger partial charge on any atom is 0.232 e. The highest BCUT2D eigenvalue weighted by atomic mass is 16.5. The molecule has 0 saturated carbocycles. The zero-order valence-corrected chi connectivity index (χ0v) is 8.98. The van der Waals surface area contributed by atoms with E-state index in [-0.39, 0.29) is 12.0 Å². The molecule has 1 aromatic rings. The van der Waals surface area contributed by atoms with E-state index in [1.165, 1.54) is 0 Å². The van der Waals surface area contributed by atoms with Gasteiger partial charge in [0.2, 0.25) is 5.89 Å². The fourth-order valence-corrected chi connectivity index (χ4v) is 1.73. The van der Waals surface area contributed by atoms with Gasteiger partial charge >= 0.3 is 0 Å². The third kappa shape index (κ3) is 2.35. The van der Waals surface area contributed by atoms with Crippen molar-refractivity contribution in [2.45, 2.75) is 38.1 Å². The minimum Gasteiger partial charge on any atom is -0.381 e. The van der Waals surface area contributed by atoms with Gasteiger partial charge in [0.15, 0.2) is 5.82 Å². The van der Waals surface area contributed by atoms with E-state index in [0.29, 0.717) is 18.3 Å². The van der Waals surface area contributed by atoms with E-state index in [0.717, 1.165) is 25.9 Å². The van der Waals surface area contributed by atoms with Crippen LogP contribution in [0, 0.1) is 0 Å². The van der Waals surface area contributed by atoms with Gasteiger partial charge in [-0.3, -0.25) is 0 Å². The minimum absolute atomic E-state index is 0.102. The highest BCUT2D eigenvalue weighted by Gasteiger charge is 2.24. The summed E-state index contributed by atoms with van der Waals surface area (Å²) in [7, 11) is 0. The molecule has 2 atom stereocenters. The number of aromatic nitrogens is 2. The second kappa shape index (κ2) is 4.72. The van der Waals surface area contributed by atoms with Gasteiger partial charge < -0.3 is 15.0 Å². The molecule has 0 spiro atoms. The predicted octanol–water partition coefficient (Wildman–Crippen LogP) is 1.37. The summed E-state index contributed by atoms with van der Waals surface area (Å²) in [6.07, 6.45) is 2.88. The van der Waals surface area contributed by atoms with Crippen molar-refractivity contribution < 1.29 is 9.26 Å². The molecule has 15 heavy (non-hydrogen) atoms. The maximum absolute atomic E-state index is 5.90. The third-order valence-electron chi connectivity index (χ3n) is 2.67. The van der Waals surface area contributed by atoms with Crippen LogP contribution in [0.5, 0.6) is 0 Å². The Morgan fingerprint density at radius 2 is 2.47 bits per heavy atom. The van der Waals surface area contributed by atoms with Crippen molar-refractivity contribution in [3.05, 3.63) is 11.7 Å². The van der Waals surface area contributed by atoms with Crippen LogP contribution in [-0.2, 0) is 4.74 Å². The average Bonchev–Trinajstić information content (AvgIpc) is 2.89. The van der Waals surface area contributed by atoms with Gasteiger partial charge in [0, 0.05) is 6.61 Å². The van der Waals surface area contributed by atoms with E-state index in [9.17, 15) is 0 Å². The largest absolute Gasteiger partial charge is 0.381 e. The molecule has 84 valence electrons. The highest BCUT2D eigenvalue weighted by molar-refractivity contribution is 4.98. The molecule has 1 saturated heterocycles. The van der Waals surface area contributed by atoms with Crippen molar-refractivity contribution >= 4 is 0 Å². The van der Waals surface area contributed by atoms with Gasteiger partial charge in [-0.15, -0.1) is 0 Å². The van der Waals surface area contributed by atoms with Gasteiger partial charge in [-0.25, -0.2) is 0 Å². The van der Waals surface area contributed by atoms with Crippen molar-refractivity contribution in [2.24, 2.45) is 5.73 Å². The molecule has 1 aliphatic rings. The number of rotatable bonds is 4. The summed E-state index contributed by atoms with van der Waals surface area (Å²) in [4.78, 5) is 4.33. The summed E-state index contributed by atoms with van der Waals surface area (Å²) >= 11 is 0. The molecule has 0 bridgehead atoms. The lowest BCUT2D eigenvalue weighted by Gasteiger charge is -2.03. The van der Waals surface area contributed by atoms with Crippen LogP contribution >= 0.6 is 0 Å².